The van der Waals surface area contributed by atoms with Crippen molar-refractivity contribution in [1.82, 2.24) is 10.2 Å². The molecule has 0 amide bonds. The number of carboxylic acids is 1. The highest BCUT2D eigenvalue weighted by molar-refractivity contribution is 5.71. The summed E-state index contributed by atoms with van der Waals surface area (Å²) in [6.45, 7) is 3.67. The first-order valence-electron chi connectivity index (χ1n) is 6.56. The van der Waals surface area contributed by atoms with E-state index < -0.39 is 24.6 Å². The van der Waals surface area contributed by atoms with Gasteiger partial charge < -0.3 is 10.4 Å². The van der Waals surface area contributed by atoms with Gasteiger partial charge in [-0.2, -0.15) is 13.2 Å². The molecule has 1 heterocycles. The third-order valence-electron chi connectivity index (χ3n) is 3.50. The van der Waals surface area contributed by atoms with Crippen LogP contribution in [0, 0.1) is 5.92 Å². The van der Waals surface area contributed by atoms with Crippen LogP contribution in [0.3, 0.4) is 0 Å². The van der Waals surface area contributed by atoms with Crippen LogP contribution in [0.15, 0.2) is 0 Å². The lowest BCUT2D eigenvalue weighted by atomic mass is 10.1. The highest BCUT2D eigenvalue weighted by Gasteiger charge is 2.44. The van der Waals surface area contributed by atoms with Crippen LogP contribution in [-0.4, -0.2) is 54.4 Å². The Bertz CT molecular complexity index is 291. The van der Waals surface area contributed by atoms with Crippen molar-refractivity contribution in [2.24, 2.45) is 5.92 Å². The van der Waals surface area contributed by atoms with Gasteiger partial charge in [-0.3, -0.25) is 9.69 Å². The van der Waals surface area contributed by atoms with Crippen LogP contribution in [0.25, 0.3) is 0 Å². The maximum atomic E-state index is 12.4. The Labute approximate surface area is 111 Å². The lowest BCUT2D eigenvalue weighted by molar-refractivity contribution is -0.192. The largest absolute Gasteiger partial charge is 0.481 e. The number of rotatable bonds is 6. The Kier molecular flexibility index (Phi) is 6.06. The molecule has 0 bridgehead atoms. The molecule has 1 rings (SSSR count). The van der Waals surface area contributed by atoms with E-state index in [-0.39, 0.29) is 6.04 Å². The number of alkyl halides is 3. The number of carboxylic acid groups (broad SMARTS) is 1. The Morgan fingerprint density at radius 2 is 1.84 bits per heavy atom. The number of carbonyl (C=O) groups is 1. The molecule has 2 N–H and O–H groups in total. The van der Waals surface area contributed by atoms with Crippen LogP contribution in [0.5, 0.6) is 0 Å². The zero-order valence-electron chi connectivity index (χ0n) is 11.0. The van der Waals surface area contributed by atoms with Crippen molar-refractivity contribution in [3.05, 3.63) is 0 Å². The Balaban J connectivity index is 2.33. The van der Waals surface area contributed by atoms with Crippen molar-refractivity contribution in [2.75, 3.05) is 26.2 Å². The predicted octanol–water partition coefficient (Wildman–Crippen LogP) is 1.71. The Morgan fingerprint density at radius 3 is 2.32 bits per heavy atom. The first-order valence-corrected chi connectivity index (χ1v) is 6.56. The number of halogens is 3. The molecule has 1 saturated heterocycles. The van der Waals surface area contributed by atoms with Crippen molar-refractivity contribution in [3.63, 3.8) is 0 Å². The first kappa shape index (κ1) is 16.2. The van der Waals surface area contributed by atoms with E-state index in [9.17, 15) is 18.0 Å². The van der Waals surface area contributed by atoms with E-state index in [4.69, 9.17) is 5.11 Å². The van der Waals surface area contributed by atoms with Gasteiger partial charge in [-0.05, 0) is 32.9 Å². The molecule has 0 radical (unpaired) electrons. The zero-order chi connectivity index (χ0) is 14.5. The van der Waals surface area contributed by atoms with Gasteiger partial charge in [0.2, 0.25) is 0 Å². The van der Waals surface area contributed by atoms with E-state index >= 15 is 0 Å². The topological polar surface area (TPSA) is 52.6 Å². The second-order valence-corrected chi connectivity index (χ2v) is 5.04. The van der Waals surface area contributed by atoms with Crippen LogP contribution < -0.4 is 5.32 Å². The molecular weight excluding hydrogens is 261 g/mol. The average molecular weight is 282 g/mol. The van der Waals surface area contributed by atoms with Crippen LogP contribution >= 0.6 is 0 Å². The van der Waals surface area contributed by atoms with Gasteiger partial charge in [0.05, 0.1) is 0 Å². The molecule has 19 heavy (non-hydrogen) atoms. The van der Waals surface area contributed by atoms with Crippen molar-refractivity contribution < 1.29 is 23.1 Å². The van der Waals surface area contributed by atoms with Gasteiger partial charge >= 0.3 is 12.1 Å². The number of nitrogens with zero attached hydrogens (tertiary/aromatic N) is 1. The van der Waals surface area contributed by atoms with Gasteiger partial charge in [0.15, 0.2) is 5.92 Å². The van der Waals surface area contributed by atoms with Crippen molar-refractivity contribution in [1.29, 1.82) is 0 Å². The highest BCUT2D eigenvalue weighted by atomic mass is 19.4. The molecule has 0 aromatic rings. The maximum absolute atomic E-state index is 12.4. The van der Waals surface area contributed by atoms with Gasteiger partial charge in [0, 0.05) is 19.1 Å². The molecule has 7 heteroatoms. The molecule has 1 aliphatic heterocycles. The summed E-state index contributed by atoms with van der Waals surface area (Å²) in [4.78, 5) is 12.8. The van der Waals surface area contributed by atoms with Crippen LogP contribution in [0.4, 0.5) is 13.2 Å². The van der Waals surface area contributed by atoms with Crippen molar-refractivity contribution in [2.45, 2.75) is 38.4 Å². The van der Waals surface area contributed by atoms with Gasteiger partial charge in [-0.25, -0.2) is 0 Å². The lowest BCUT2D eigenvalue weighted by Gasteiger charge is -2.32. The summed E-state index contributed by atoms with van der Waals surface area (Å²) in [5.74, 6) is -4.16. The molecule has 0 spiro atoms. The standard InChI is InChI=1S/C12H21F3N2O2/c1-9(17-5-3-2-4-6-17)7-16-8-10(11(18)19)12(13,14)15/h9-10,16H,2-8H2,1H3,(H,18,19). The normalized spacial score (nSPS) is 21.1. The number of nitrogens with one attached hydrogen (secondary N) is 1. The minimum absolute atomic E-state index is 0.128. The van der Waals surface area contributed by atoms with E-state index in [0.29, 0.717) is 6.54 Å². The Morgan fingerprint density at radius 1 is 1.26 bits per heavy atom. The van der Waals surface area contributed by atoms with Crippen LogP contribution in [0.1, 0.15) is 26.2 Å². The summed E-state index contributed by atoms with van der Waals surface area (Å²) >= 11 is 0. The number of hydrogen-bond donors (Lipinski definition) is 2. The number of hydrogen-bond acceptors (Lipinski definition) is 3. The number of piperidine rings is 1. The fourth-order valence-corrected chi connectivity index (χ4v) is 2.27. The van der Waals surface area contributed by atoms with Gasteiger partial charge in [0.25, 0.3) is 0 Å². The minimum Gasteiger partial charge on any atom is -0.481 e. The van der Waals surface area contributed by atoms with Crippen LogP contribution in [-0.2, 0) is 4.79 Å². The van der Waals surface area contributed by atoms with E-state index in [2.05, 4.69) is 10.2 Å². The highest BCUT2D eigenvalue weighted by Crippen LogP contribution is 2.25. The quantitative estimate of drug-likeness (QED) is 0.779. The fraction of sp³-hybridized carbons (Fsp3) is 0.917. The molecule has 0 saturated carbocycles. The SMILES string of the molecule is CC(CNCC(C(=O)O)C(F)(F)F)N1CCCCC1. The van der Waals surface area contributed by atoms with Crippen LogP contribution in [0.2, 0.25) is 0 Å². The maximum Gasteiger partial charge on any atom is 0.403 e. The molecule has 0 aliphatic carbocycles. The molecule has 4 nitrogen and oxygen atoms in total. The molecule has 1 aliphatic rings. The van der Waals surface area contributed by atoms with E-state index in [1.54, 1.807) is 0 Å². The molecular formula is C12H21F3N2O2. The molecule has 2 unspecified atom stereocenters. The minimum atomic E-state index is -4.70. The summed E-state index contributed by atoms with van der Waals surface area (Å²) < 4.78 is 37.3. The van der Waals surface area contributed by atoms with Gasteiger partial charge in [0.1, 0.15) is 0 Å². The number of aliphatic carboxylic acids is 1. The summed E-state index contributed by atoms with van der Waals surface area (Å²) in [7, 11) is 0. The Hall–Kier alpha value is -0.820. The second kappa shape index (κ2) is 7.09. The smallest absolute Gasteiger partial charge is 0.403 e. The third kappa shape index (κ3) is 5.36. The third-order valence-corrected chi connectivity index (χ3v) is 3.50. The molecule has 1 fully saturated rings. The summed E-state index contributed by atoms with van der Waals surface area (Å²) in [6.07, 6.45) is -1.27. The second-order valence-electron chi connectivity index (χ2n) is 5.04. The van der Waals surface area contributed by atoms with E-state index in [0.717, 1.165) is 25.9 Å². The fourth-order valence-electron chi connectivity index (χ4n) is 2.27. The average Bonchev–Trinajstić information content (AvgIpc) is 2.33. The molecule has 0 aromatic carbocycles. The van der Waals surface area contributed by atoms with E-state index in [1.807, 2.05) is 6.92 Å². The summed E-state index contributed by atoms with van der Waals surface area (Å²) in [5, 5.41) is 11.2. The van der Waals surface area contributed by atoms with Gasteiger partial charge in [-0.15, -0.1) is 0 Å². The molecule has 2 atom stereocenters. The zero-order valence-corrected chi connectivity index (χ0v) is 11.0. The lowest BCUT2D eigenvalue weighted by Crippen LogP contribution is -2.46. The predicted molar refractivity (Wildman–Crippen MR) is 64.9 cm³/mol. The van der Waals surface area contributed by atoms with E-state index in [1.165, 1.54) is 6.42 Å². The first-order chi connectivity index (χ1) is 8.82. The number of likely N-dealkylation sites (tertiary alicyclic amines) is 1. The van der Waals surface area contributed by atoms with Gasteiger partial charge in [-0.1, -0.05) is 6.42 Å². The van der Waals surface area contributed by atoms with Crippen molar-refractivity contribution >= 4 is 5.97 Å². The summed E-state index contributed by atoms with van der Waals surface area (Å²) in [6, 6.07) is 0.128. The summed E-state index contributed by atoms with van der Waals surface area (Å²) in [5.41, 5.74) is 0. The molecule has 0 aromatic heterocycles. The van der Waals surface area contributed by atoms with Crippen molar-refractivity contribution in [3.8, 4) is 0 Å². The monoisotopic (exact) mass is 282 g/mol. The molecule has 112 valence electrons.